The van der Waals surface area contributed by atoms with Gasteiger partial charge in [0.2, 0.25) is 0 Å². The molecule has 1 saturated carbocycles. The molecular formula is C19H24F3N5O2. The molecule has 1 atom stereocenters. The predicted octanol–water partition coefficient (Wildman–Crippen LogP) is 3.23. The van der Waals surface area contributed by atoms with Gasteiger partial charge in [-0.05, 0) is 51.9 Å². The minimum atomic E-state index is -5.08. The molecule has 1 fully saturated rings. The standard InChI is InChI=1S/C17H23N5.C2HF3O2/c1-12-20-15(14-6-4-5-9-18-14)10-17(21-12)19-11-16(22(2)3)13-7-8-13;3-2(4,5)1(6)7/h4-6,9-10,13,16H,7-8,11H2,1-3H3,(H,19,20,21);(H,6,7). The van der Waals surface area contributed by atoms with Crippen molar-refractivity contribution in [2.45, 2.75) is 32.0 Å². The molecule has 0 bridgehead atoms. The summed E-state index contributed by atoms with van der Waals surface area (Å²) >= 11 is 0. The van der Waals surface area contributed by atoms with Crippen LogP contribution >= 0.6 is 0 Å². The fraction of sp³-hybridized carbons (Fsp3) is 0.474. The summed E-state index contributed by atoms with van der Waals surface area (Å²) in [6, 6.07) is 8.40. The molecule has 1 aliphatic carbocycles. The average Bonchev–Trinajstić information content (AvgIpc) is 3.47. The maximum absolute atomic E-state index is 10.6. The van der Waals surface area contributed by atoms with Gasteiger partial charge in [-0.3, -0.25) is 4.98 Å². The van der Waals surface area contributed by atoms with Gasteiger partial charge in [-0.2, -0.15) is 13.2 Å². The van der Waals surface area contributed by atoms with Crippen LogP contribution in [-0.4, -0.2) is 63.8 Å². The van der Waals surface area contributed by atoms with Gasteiger partial charge in [-0.25, -0.2) is 14.8 Å². The van der Waals surface area contributed by atoms with Crippen molar-refractivity contribution in [1.29, 1.82) is 0 Å². The van der Waals surface area contributed by atoms with Gasteiger partial charge in [0.15, 0.2) is 0 Å². The summed E-state index contributed by atoms with van der Waals surface area (Å²) in [7, 11) is 4.30. The molecule has 1 unspecified atom stereocenters. The second-order valence-electron chi connectivity index (χ2n) is 6.95. The number of aliphatic carboxylic acids is 1. The molecule has 7 nitrogen and oxygen atoms in total. The molecule has 3 rings (SSSR count). The largest absolute Gasteiger partial charge is 0.490 e. The van der Waals surface area contributed by atoms with Crippen LogP contribution in [0.3, 0.4) is 0 Å². The van der Waals surface area contributed by atoms with Gasteiger partial charge in [0, 0.05) is 24.8 Å². The SMILES string of the molecule is Cc1nc(NCC(C2CC2)N(C)C)cc(-c2ccccn2)n1.O=C(O)C(F)(F)F. The van der Waals surface area contributed by atoms with Crippen LogP contribution in [0.2, 0.25) is 0 Å². The number of rotatable bonds is 6. The van der Waals surface area contributed by atoms with Gasteiger partial charge in [0.05, 0.1) is 11.4 Å². The Morgan fingerprint density at radius 3 is 2.41 bits per heavy atom. The molecule has 0 spiro atoms. The minimum Gasteiger partial charge on any atom is -0.475 e. The number of hydrogen-bond acceptors (Lipinski definition) is 6. The van der Waals surface area contributed by atoms with Crippen LogP contribution in [0.25, 0.3) is 11.4 Å². The number of aromatic nitrogens is 3. The number of carbonyl (C=O) groups is 1. The van der Waals surface area contributed by atoms with Crippen LogP contribution in [0.5, 0.6) is 0 Å². The first-order valence-corrected chi connectivity index (χ1v) is 9.05. The van der Waals surface area contributed by atoms with E-state index >= 15 is 0 Å². The molecule has 10 heteroatoms. The number of aryl methyl sites for hydroxylation is 1. The molecular weight excluding hydrogens is 387 g/mol. The normalized spacial score (nSPS) is 14.7. The first-order chi connectivity index (χ1) is 13.6. The van der Waals surface area contributed by atoms with Crippen molar-refractivity contribution in [2.75, 3.05) is 26.0 Å². The smallest absolute Gasteiger partial charge is 0.475 e. The van der Waals surface area contributed by atoms with Crippen molar-refractivity contribution in [3.05, 3.63) is 36.3 Å². The van der Waals surface area contributed by atoms with Gasteiger partial charge < -0.3 is 15.3 Å². The number of nitrogens with zero attached hydrogens (tertiary/aromatic N) is 4. The molecule has 0 aromatic carbocycles. The number of pyridine rings is 1. The third kappa shape index (κ3) is 7.30. The number of likely N-dealkylation sites (N-methyl/N-ethyl adjacent to an activating group) is 1. The van der Waals surface area contributed by atoms with Crippen molar-refractivity contribution in [2.24, 2.45) is 5.92 Å². The molecule has 29 heavy (non-hydrogen) atoms. The third-order valence-electron chi connectivity index (χ3n) is 4.33. The molecule has 158 valence electrons. The van der Waals surface area contributed by atoms with E-state index in [0.717, 1.165) is 35.5 Å². The molecule has 1 aliphatic rings. The maximum atomic E-state index is 10.6. The number of halogens is 3. The number of anilines is 1. The minimum absolute atomic E-state index is 0.563. The van der Waals surface area contributed by atoms with Gasteiger partial charge >= 0.3 is 12.1 Å². The van der Waals surface area contributed by atoms with Crippen LogP contribution in [0.15, 0.2) is 30.5 Å². The Hall–Kier alpha value is -2.75. The summed E-state index contributed by atoms with van der Waals surface area (Å²) in [6.45, 7) is 2.83. The number of alkyl halides is 3. The molecule has 0 radical (unpaired) electrons. The summed E-state index contributed by atoms with van der Waals surface area (Å²) in [5, 5.41) is 10.6. The highest BCUT2D eigenvalue weighted by Gasteiger charge is 2.38. The molecule has 0 amide bonds. The van der Waals surface area contributed by atoms with Crippen molar-refractivity contribution < 1.29 is 23.1 Å². The Labute approximate surface area is 167 Å². The molecule has 2 aromatic rings. The predicted molar refractivity (Wildman–Crippen MR) is 102 cm³/mol. The average molecular weight is 411 g/mol. The Bertz CT molecular complexity index is 809. The van der Waals surface area contributed by atoms with Gasteiger partial charge in [-0.15, -0.1) is 0 Å². The van der Waals surface area contributed by atoms with E-state index in [2.05, 4.69) is 39.3 Å². The number of carboxylic acid groups (broad SMARTS) is 1. The Balaban J connectivity index is 0.000000370. The van der Waals surface area contributed by atoms with E-state index in [-0.39, 0.29) is 0 Å². The first-order valence-electron chi connectivity index (χ1n) is 9.05. The number of hydrogen-bond donors (Lipinski definition) is 2. The Kier molecular flexibility index (Phi) is 7.49. The first kappa shape index (κ1) is 22.5. The van der Waals surface area contributed by atoms with E-state index in [0.29, 0.717) is 6.04 Å². The van der Waals surface area contributed by atoms with Crippen LogP contribution in [-0.2, 0) is 4.79 Å². The molecule has 2 N–H and O–H groups in total. The third-order valence-corrected chi connectivity index (χ3v) is 4.33. The fourth-order valence-corrected chi connectivity index (χ4v) is 2.76. The summed E-state index contributed by atoms with van der Waals surface area (Å²) in [4.78, 5) is 24.6. The lowest BCUT2D eigenvalue weighted by Crippen LogP contribution is -2.36. The zero-order valence-electron chi connectivity index (χ0n) is 16.4. The molecule has 2 aromatic heterocycles. The van der Waals surface area contributed by atoms with Gasteiger partial charge in [-0.1, -0.05) is 6.07 Å². The van der Waals surface area contributed by atoms with E-state index in [1.54, 1.807) is 6.20 Å². The highest BCUT2D eigenvalue weighted by atomic mass is 19.4. The fourth-order valence-electron chi connectivity index (χ4n) is 2.76. The number of nitrogens with one attached hydrogen (secondary N) is 1. The van der Waals surface area contributed by atoms with E-state index in [1.807, 2.05) is 31.2 Å². The molecule has 2 heterocycles. The van der Waals surface area contributed by atoms with Crippen LogP contribution in [0.1, 0.15) is 18.7 Å². The molecule has 0 saturated heterocycles. The summed E-state index contributed by atoms with van der Waals surface area (Å²) < 4.78 is 31.7. The van der Waals surface area contributed by atoms with Crippen LogP contribution in [0.4, 0.5) is 19.0 Å². The summed E-state index contributed by atoms with van der Waals surface area (Å²) in [6.07, 6.45) is -0.617. The topological polar surface area (TPSA) is 91.2 Å². The van der Waals surface area contributed by atoms with E-state index in [9.17, 15) is 13.2 Å². The Morgan fingerprint density at radius 1 is 1.28 bits per heavy atom. The van der Waals surface area contributed by atoms with Gasteiger partial charge in [0.1, 0.15) is 11.6 Å². The Morgan fingerprint density at radius 2 is 1.93 bits per heavy atom. The second kappa shape index (κ2) is 9.64. The second-order valence-corrected chi connectivity index (χ2v) is 6.95. The van der Waals surface area contributed by atoms with Crippen LogP contribution in [0, 0.1) is 12.8 Å². The van der Waals surface area contributed by atoms with Crippen LogP contribution < -0.4 is 5.32 Å². The van der Waals surface area contributed by atoms with E-state index in [1.165, 1.54) is 12.8 Å². The maximum Gasteiger partial charge on any atom is 0.490 e. The zero-order chi connectivity index (χ0) is 21.6. The van der Waals surface area contributed by atoms with E-state index < -0.39 is 12.1 Å². The highest BCUT2D eigenvalue weighted by molar-refractivity contribution is 5.73. The quantitative estimate of drug-likeness (QED) is 0.754. The number of carboxylic acids is 1. The van der Waals surface area contributed by atoms with Crippen molar-refractivity contribution in [1.82, 2.24) is 19.9 Å². The lowest BCUT2D eigenvalue weighted by Gasteiger charge is -2.24. The van der Waals surface area contributed by atoms with Crippen molar-refractivity contribution >= 4 is 11.8 Å². The van der Waals surface area contributed by atoms with Crippen molar-refractivity contribution in [3.63, 3.8) is 0 Å². The monoisotopic (exact) mass is 411 g/mol. The lowest BCUT2D eigenvalue weighted by molar-refractivity contribution is -0.192. The zero-order valence-corrected chi connectivity index (χ0v) is 16.4. The lowest BCUT2D eigenvalue weighted by atomic mass is 10.1. The van der Waals surface area contributed by atoms with E-state index in [4.69, 9.17) is 9.90 Å². The summed E-state index contributed by atoms with van der Waals surface area (Å²) in [5.41, 5.74) is 1.74. The van der Waals surface area contributed by atoms with Gasteiger partial charge in [0.25, 0.3) is 0 Å². The summed E-state index contributed by atoms with van der Waals surface area (Å²) in [5.74, 6) is -0.299. The molecule has 0 aliphatic heterocycles. The van der Waals surface area contributed by atoms with Crippen molar-refractivity contribution in [3.8, 4) is 11.4 Å². The highest BCUT2D eigenvalue weighted by Crippen LogP contribution is 2.34.